The molecule has 297 valence electrons. The van der Waals surface area contributed by atoms with Gasteiger partial charge in [-0.05, 0) is 67.5 Å². The lowest BCUT2D eigenvalue weighted by Gasteiger charge is -2.34. The lowest BCUT2D eigenvalue weighted by Crippen LogP contribution is -2.48. The van der Waals surface area contributed by atoms with E-state index in [1.165, 1.54) is 36.0 Å². The smallest absolute Gasteiger partial charge is 0.326 e. The molecule has 0 spiro atoms. The highest BCUT2D eigenvalue weighted by molar-refractivity contribution is 8.14. The van der Waals surface area contributed by atoms with Gasteiger partial charge in [-0.15, -0.1) is 23.5 Å². The largest absolute Gasteiger partial charge is 0.508 e. The van der Waals surface area contributed by atoms with Crippen molar-refractivity contribution in [3.63, 3.8) is 0 Å². The predicted molar refractivity (Wildman–Crippen MR) is 214 cm³/mol. The number of fused-ring (bicyclic) bond motifs is 1. The maximum Gasteiger partial charge on any atom is 0.326 e. The summed E-state index contributed by atoms with van der Waals surface area (Å²) in [6, 6.07) is 15.0. The second kappa shape index (κ2) is 19.4. The molecule has 0 aliphatic carbocycles. The molecule has 0 saturated carbocycles. The van der Waals surface area contributed by atoms with E-state index in [2.05, 4.69) is 10.6 Å². The van der Waals surface area contributed by atoms with Gasteiger partial charge in [0.25, 0.3) is 5.91 Å². The summed E-state index contributed by atoms with van der Waals surface area (Å²) in [6.45, 7) is 3.46. The van der Waals surface area contributed by atoms with Gasteiger partial charge < -0.3 is 25.6 Å². The van der Waals surface area contributed by atoms with Crippen molar-refractivity contribution in [1.29, 1.82) is 0 Å². The Bertz CT molecular complexity index is 1970. The monoisotopic (exact) mass is 814 g/mol. The molecule has 3 amide bonds. The van der Waals surface area contributed by atoms with Crippen LogP contribution in [-0.2, 0) is 33.8 Å². The molecule has 0 bridgehead atoms. The van der Waals surface area contributed by atoms with Gasteiger partial charge in [0.05, 0.1) is 16.3 Å². The Morgan fingerprint density at radius 3 is 2.16 bits per heavy atom. The summed E-state index contributed by atoms with van der Waals surface area (Å²) in [6.07, 6.45) is 6.25. The molecule has 2 atom stereocenters. The number of phenolic OH excluding ortho intramolecular Hbond substituents is 1. The summed E-state index contributed by atoms with van der Waals surface area (Å²) in [5.74, 6) is -3.74. The van der Waals surface area contributed by atoms with E-state index in [0.29, 0.717) is 58.6 Å². The number of carboxylic acids is 1. The molecule has 3 aromatic rings. The molecule has 16 heteroatoms. The van der Waals surface area contributed by atoms with Crippen LogP contribution in [0.5, 0.6) is 11.5 Å². The molecule has 0 aromatic heterocycles. The summed E-state index contributed by atoms with van der Waals surface area (Å²) in [4.78, 5) is 70.5. The van der Waals surface area contributed by atoms with Crippen molar-refractivity contribution in [2.24, 2.45) is 5.41 Å². The van der Waals surface area contributed by atoms with Crippen molar-refractivity contribution in [2.75, 3.05) is 29.8 Å². The topological polar surface area (TPSA) is 196 Å². The Morgan fingerprint density at radius 1 is 0.964 bits per heavy atom. The van der Waals surface area contributed by atoms with Crippen LogP contribution in [0.25, 0.3) is 0 Å². The number of hydrogen-bond acceptors (Lipinski definition) is 10. The first-order chi connectivity index (χ1) is 26.1. The quantitative estimate of drug-likeness (QED) is 0.0562. The molecule has 0 fully saturated rings. The van der Waals surface area contributed by atoms with E-state index in [9.17, 15) is 42.6 Å². The molecular weight excluding hydrogens is 767 g/mol. The second-order valence-electron chi connectivity index (χ2n) is 13.4. The third-order valence-corrected chi connectivity index (χ3v) is 12.2. The van der Waals surface area contributed by atoms with Crippen LogP contribution in [0.15, 0.2) is 76.5 Å². The lowest BCUT2D eigenvalue weighted by atomic mass is 9.77. The number of unbranched alkanes of at least 4 members (excludes halogenated alkanes) is 2. The van der Waals surface area contributed by atoms with Crippen molar-refractivity contribution < 1.29 is 47.3 Å². The molecule has 1 aliphatic rings. The number of carboxylic acid groups (broad SMARTS) is 1. The average molecular weight is 815 g/mol. The van der Waals surface area contributed by atoms with E-state index in [1.54, 1.807) is 17.0 Å². The van der Waals surface area contributed by atoms with Crippen molar-refractivity contribution in [1.82, 2.24) is 10.6 Å². The fourth-order valence-electron chi connectivity index (χ4n) is 6.21. The standard InChI is InChI=1S/C39H48N3O10S3/c1-5-7-19-39(20-8-6-2)37(48)42(26-12-10-9-11-13-26)29-22-32(53-3)30(23-31(29)54-38(39)49)52-24-33(44)41-34(25-14-16-27(43)17-15-25)35(45)40-28(36(46)47)18-21-55(4,50)51/h9-17,22-23,28,34,43,54H,5-8,18-21,24H2,1-4H3,(H,40,45)(H,41,44)(H,46,47)/t28-,34+/m0/s1. The number of aliphatic carboxylic acids is 1. The van der Waals surface area contributed by atoms with Crippen LogP contribution in [0.1, 0.15) is 70.4 Å². The molecule has 1 aliphatic heterocycles. The van der Waals surface area contributed by atoms with E-state index >= 15 is 0 Å². The van der Waals surface area contributed by atoms with Gasteiger partial charge in [0.15, 0.2) is 11.7 Å². The number of amides is 3. The molecule has 4 N–H and O–H groups in total. The molecule has 13 nitrogen and oxygen atoms in total. The van der Waals surface area contributed by atoms with Crippen LogP contribution in [0.2, 0.25) is 0 Å². The number of rotatable bonds is 19. The summed E-state index contributed by atoms with van der Waals surface area (Å²) in [5, 5.41) is 24.2. The lowest BCUT2D eigenvalue weighted by molar-refractivity contribution is -0.142. The molecule has 1 heterocycles. The van der Waals surface area contributed by atoms with Crippen LogP contribution >= 0.6 is 23.5 Å². The van der Waals surface area contributed by atoms with E-state index in [0.717, 1.165) is 19.1 Å². The zero-order valence-corrected chi connectivity index (χ0v) is 33.8. The van der Waals surface area contributed by atoms with Gasteiger partial charge >= 0.3 is 5.97 Å². The predicted octanol–water partition coefficient (Wildman–Crippen LogP) is 5.75. The number of carbonyl (C=O) groups excluding carboxylic acids is 4. The molecule has 0 saturated heterocycles. The maximum atomic E-state index is 14.7. The third kappa shape index (κ3) is 11.0. The fraction of sp³-hybridized carbons (Fsp3) is 0.410. The van der Waals surface area contributed by atoms with E-state index in [1.807, 2.05) is 50.4 Å². The van der Waals surface area contributed by atoms with E-state index in [-0.39, 0.29) is 28.1 Å². The first-order valence-electron chi connectivity index (χ1n) is 17.9. The molecule has 55 heavy (non-hydrogen) atoms. The normalized spacial score (nSPS) is 15.0. The van der Waals surface area contributed by atoms with Gasteiger partial charge in [0.2, 0.25) is 11.8 Å². The van der Waals surface area contributed by atoms with Gasteiger partial charge in [-0.25, -0.2) is 13.2 Å². The van der Waals surface area contributed by atoms with Gasteiger partial charge in [-0.3, -0.25) is 24.1 Å². The second-order valence-corrected chi connectivity index (χ2v) is 17.6. The van der Waals surface area contributed by atoms with Crippen molar-refractivity contribution in [2.45, 2.75) is 80.7 Å². The number of hydrogen-bond donors (Lipinski definition) is 5. The van der Waals surface area contributed by atoms with Gasteiger partial charge in [0, 0.05) is 16.8 Å². The number of nitrogens with one attached hydrogen (secondary N) is 2. The Labute approximate surface area is 329 Å². The fourth-order valence-corrected chi connectivity index (χ4v) is 8.64. The number of thioether (sulfide) groups is 1. The Hall–Kier alpha value is -4.54. The zero-order valence-electron chi connectivity index (χ0n) is 31.2. The number of thiol groups is 1. The number of nitrogens with zero attached hydrogens (tertiary/aromatic N) is 1. The summed E-state index contributed by atoms with van der Waals surface area (Å²) >= 11 is 1.63. The number of aromatic hydroxyl groups is 1. The highest BCUT2D eigenvalue weighted by atomic mass is 32.2. The minimum atomic E-state index is -3.54. The van der Waals surface area contributed by atoms with Gasteiger partial charge in [-0.2, -0.15) is 0 Å². The molecular formula is C39H48N3O10S3. The Balaban J connectivity index is 1.66. The highest BCUT2D eigenvalue weighted by Gasteiger charge is 2.50. The van der Waals surface area contributed by atoms with Crippen molar-refractivity contribution in [3.05, 3.63) is 72.3 Å². The minimum Gasteiger partial charge on any atom is -0.508 e. The number of para-hydroxylation sites is 1. The number of anilines is 2. The van der Waals surface area contributed by atoms with Crippen LogP contribution in [-0.4, -0.2) is 78.4 Å². The maximum absolute atomic E-state index is 14.7. The molecule has 4 rings (SSSR count). The van der Waals surface area contributed by atoms with Crippen LogP contribution < -0.4 is 20.3 Å². The van der Waals surface area contributed by atoms with E-state index in [4.69, 9.17) is 4.74 Å². The molecule has 3 aromatic carbocycles. The van der Waals surface area contributed by atoms with Crippen molar-refractivity contribution >= 4 is 73.5 Å². The van der Waals surface area contributed by atoms with Crippen LogP contribution in [0, 0.1) is 5.41 Å². The SMILES string of the molecule is CCCCC1(CCCC)C(=O)[SH]c2cc(OCC(=O)N[C@@H](C(=O)N[C@@H](CCS(C)(=O)=O)C(=O)O)c3ccc(O)cc3)c(SC)cc2N(c2ccccc2)C1=O. The summed E-state index contributed by atoms with van der Waals surface area (Å²) in [7, 11) is -3.54. The molecule has 1 radical (unpaired) electrons. The number of carbonyl (C=O) groups is 5. The van der Waals surface area contributed by atoms with Crippen molar-refractivity contribution in [3.8, 4) is 11.5 Å². The van der Waals surface area contributed by atoms with E-state index < -0.39 is 63.9 Å². The summed E-state index contributed by atoms with van der Waals surface area (Å²) in [5.41, 5.74) is 0.145. The first-order valence-corrected chi connectivity index (χ1v) is 22.1. The number of ether oxygens (including phenoxy) is 1. The average Bonchev–Trinajstić information content (AvgIpc) is 3.23. The Kier molecular flexibility index (Phi) is 15.2. The third-order valence-electron chi connectivity index (χ3n) is 9.22. The number of sulfone groups is 1. The zero-order chi connectivity index (χ0) is 40.3. The van der Waals surface area contributed by atoms with Crippen LogP contribution in [0.4, 0.5) is 11.4 Å². The number of benzene rings is 3. The summed E-state index contributed by atoms with van der Waals surface area (Å²) < 4.78 is 29.4. The first kappa shape index (κ1) is 43.2. The number of phenols is 1. The van der Waals surface area contributed by atoms with Crippen LogP contribution in [0.3, 0.4) is 0 Å². The molecule has 0 unspecified atom stereocenters. The highest BCUT2D eigenvalue weighted by Crippen LogP contribution is 2.51. The minimum absolute atomic E-state index is 0.111. The van der Waals surface area contributed by atoms with Gasteiger partial charge in [-0.1, -0.05) is 69.9 Å². The Morgan fingerprint density at radius 2 is 1.60 bits per heavy atom. The van der Waals surface area contributed by atoms with Gasteiger partial charge in [0.1, 0.15) is 38.8 Å².